The number of carbonyl (C=O) groups excluding carboxylic acids is 2. The zero-order valence-electron chi connectivity index (χ0n) is 18.9. The van der Waals surface area contributed by atoms with Crippen molar-refractivity contribution in [2.45, 2.75) is 6.18 Å². The van der Waals surface area contributed by atoms with Crippen molar-refractivity contribution in [1.29, 1.82) is 5.26 Å². The lowest BCUT2D eigenvalue weighted by Gasteiger charge is -2.35. The third kappa shape index (κ3) is 5.55. The Balaban J connectivity index is 1.44. The first-order valence-electron chi connectivity index (χ1n) is 11.0. The topological polar surface area (TPSA) is 101 Å². The summed E-state index contributed by atoms with van der Waals surface area (Å²) >= 11 is 0. The van der Waals surface area contributed by atoms with E-state index in [1.54, 1.807) is 48.7 Å². The van der Waals surface area contributed by atoms with Crippen LogP contribution >= 0.6 is 0 Å². The predicted molar refractivity (Wildman–Crippen MR) is 128 cm³/mol. The highest BCUT2D eigenvalue weighted by Gasteiger charge is 2.35. The molecule has 0 spiro atoms. The molecule has 1 aromatic heterocycles. The standard InChI is InChI=1S/C25H21F3N6O2/c26-25(27,28)20-15-19(31-23(35)17-5-2-1-3-6-17)8-9-21(20)32-24(36)34-13-11-33(12-14-34)22-18(16-29)7-4-10-30-22/h1-10,15H,11-14H2,(H,31,35)(H,32,36). The number of rotatable bonds is 4. The Hall–Kier alpha value is -4.59. The Labute approximate surface area is 205 Å². The monoisotopic (exact) mass is 494 g/mol. The van der Waals surface area contributed by atoms with E-state index >= 15 is 0 Å². The number of piperazine rings is 1. The fourth-order valence-corrected chi connectivity index (χ4v) is 3.81. The summed E-state index contributed by atoms with van der Waals surface area (Å²) in [6.45, 7) is 1.21. The van der Waals surface area contributed by atoms with Crippen molar-refractivity contribution >= 4 is 29.1 Å². The highest BCUT2D eigenvalue weighted by Crippen LogP contribution is 2.37. The highest BCUT2D eigenvalue weighted by atomic mass is 19.4. The van der Waals surface area contributed by atoms with Crippen molar-refractivity contribution < 1.29 is 22.8 Å². The van der Waals surface area contributed by atoms with E-state index in [0.29, 0.717) is 30.0 Å². The van der Waals surface area contributed by atoms with Crippen LogP contribution in [0.5, 0.6) is 0 Å². The van der Waals surface area contributed by atoms with Crippen LogP contribution in [0.1, 0.15) is 21.5 Å². The maximum atomic E-state index is 13.8. The average Bonchev–Trinajstić information content (AvgIpc) is 2.89. The van der Waals surface area contributed by atoms with Gasteiger partial charge in [0.2, 0.25) is 0 Å². The second-order valence-electron chi connectivity index (χ2n) is 7.97. The first-order chi connectivity index (χ1) is 17.3. The lowest BCUT2D eigenvalue weighted by molar-refractivity contribution is -0.136. The molecule has 1 aliphatic rings. The van der Waals surface area contributed by atoms with Crippen LogP contribution in [0.15, 0.2) is 66.9 Å². The van der Waals surface area contributed by atoms with Crippen LogP contribution in [0.25, 0.3) is 0 Å². The third-order valence-electron chi connectivity index (χ3n) is 5.63. The minimum Gasteiger partial charge on any atom is -0.352 e. The normalized spacial score (nSPS) is 13.6. The quantitative estimate of drug-likeness (QED) is 0.553. The van der Waals surface area contributed by atoms with E-state index in [1.807, 2.05) is 4.90 Å². The molecule has 0 aliphatic carbocycles. The van der Waals surface area contributed by atoms with Gasteiger partial charge in [-0.15, -0.1) is 0 Å². The summed E-state index contributed by atoms with van der Waals surface area (Å²) in [6, 6.07) is 16.0. The Morgan fingerprint density at radius 2 is 1.67 bits per heavy atom. The number of nitrogens with one attached hydrogen (secondary N) is 2. The summed E-state index contributed by atoms with van der Waals surface area (Å²) in [5, 5.41) is 14.1. The molecule has 3 amide bonds. The van der Waals surface area contributed by atoms with Crippen molar-refractivity contribution in [3.05, 3.63) is 83.6 Å². The number of aromatic nitrogens is 1. The fourth-order valence-electron chi connectivity index (χ4n) is 3.81. The maximum absolute atomic E-state index is 13.8. The lowest BCUT2D eigenvalue weighted by atomic mass is 10.1. The van der Waals surface area contributed by atoms with Crippen LogP contribution in [0.2, 0.25) is 0 Å². The molecule has 1 fully saturated rings. The van der Waals surface area contributed by atoms with Gasteiger partial charge in [0.15, 0.2) is 0 Å². The average molecular weight is 494 g/mol. The van der Waals surface area contributed by atoms with Crippen molar-refractivity contribution in [3.63, 3.8) is 0 Å². The second kappa shape index (κ2) is 10.4. The summed E-state index contributed by atoms with van der Waals surface area (Å²) in [4.78, 5) is 32.6. The van der Waals surface area contributed by atoms with E-state index in [4.69, 9.17) is 0 Å². The van der Waals surface area contributed by atoms with Gasteiger partial charge in [-0.2, -0.15) is 18.4 Å². The van der Waals surface area contributed by atoms with Crippen LogP contribution in [-0.4, -0.2) is 48.0 Å². The number of nitrogens with zero attached hydrogens (tertiary/aromatic N) is 4. The number of carbonyl (C=O) groups is 2. The summed E-state index contributed by atoms with van der Waals surface area (Å²) in [5.41, 5.74) is -0.831. The number of amides is 3. The number of halogens is 3. The number of nitriles is 1. The Morgan fingerprint density at radius 3 is 2.33 bits per heavy atom. The van der Waals surface area contributed by atoms with E-state index in [9.17, 15) is 28.0 Å². The van der Waals surface area contributed by atoms with Crippen LogP contribution in [0, 0.1) is 11.3 Å². The molecule has 3 aromatic rings. The number of pyridine rings is 1. The number of benzene rings is 2. The summed E-state index contributed by atoms with van der Waals surface area (Å²) in [5.74, 6) is -0.0432. The Kier molecular flexibility index (Phi) is 7.05. The van der Waals surface area contributed by atoms with E-state index in [2.05, 4.69) is 21.7 Å². The van der Waals surface area contributed by atoms with Crippen molar-refractivity contribution in [1.82, 2.24) is 9.88 Å². The summed E-state index contributed by atoms with van der Waals surface area (Å²) in [7, 11) is 0. The van der Waals surface area contributed by atoms with Crippen molar-refractivity contribution in [2.24, 2.45) is 0 Å². The summed E-state index contributed by atoms with van der Waals surface area (Å²) < 4.78 is 41.3. The zero-order chi connectivity index (χ0) is 25.7. The molecule has 2 aromatic carbocycles. The van der Waals surface area contributed by atoms with Gasteiger partial charge in [0, 0.05) is 43.6 Å². The smallest absolute Gasteiger partial charge is 0.352 e. The van der Waals surface area contributed by atoms with E-state index in [-0.39, 0.29) is 18.8 Å². The van der Waals surface area contributed by atoms with Gasteiger partial charge in [0.05, 0.1) is 16.8 Å². The van der Waals surface area contributed by atoms with Gasteiger partial charge in [0.1, 0.15) is 11.9 Å². The minimum absolute atomic E-state index is 0.0496. The fraction of sp³-hybridized carbons (Fsp3) is 0.200. The van der Waals surface area contributed by atoms with Crippen molar-refractivity contribution in [3.8, 4) is 6.07 Å². The molecule has 36 heavy (non-hydrogen) atoms. The number of urea groups is 1. The first kappa shape index (κ1) is 24.5. The number of anilines is 3. The molecule has 1 aliphatic heterocycles. The van der Waals surface area contributed by atoms with Gasteiger partial charge in [-0.05, 0) is 42.5 Å². The minimum atomic E-state index is -4.76. The van der Waals surface area contributed by atoms with Crippen molar-refractivity contribution in [2.75, 3.05) is 41.7 Å². The predicted octanol–water partition coefficient (Wildman–Crippen LogP) is 4.58. The molecule has 0 saturated carbocycles. The molecule has 184 valence electrons. The Bertz CT molecular complexity index is 1300. The largest absolute Gasteiger partial charge is 0.418 e. The van der Waals surface area contributed by atoms with Crippen LogP contribution < -0.4 is 15.5 Å². The molecule has 8 nitrogen and oxygen atoms in total. The summed E-state index contributed by atoms with van der Waals surface area (Å²) in [6.07, 6.45) is -3.19. The molecule has 0 radical (unpaired) electrons. The zero-order valence-corrected chi connectivity index (χ0v) is 18.9. The molecular formula is C25H21F3N6O2. The van der Waals surface area contributed by atoms with Gasteiger partial charge >= 0.3 is 12.2 Å². The van der Waals surface area contributed by atoms with Gasteiger partial charge in [-0.1, -0.05) is 18.2 Å². The van der Waals surface area contributed by atoms with E-state index in [1.165, 1.54) is 11.0 Å². The van der Waals surface area contributed by atoms with Gasteiger partial charge in [0.25, 0.3) is 5.91 Å². The molecule has 0 atom stereocenters. The lowest BCUT2D eigenvalue weighted by Crippen LogP contribution is -2.50. The Morgan fingerprint density at radius 1 is 0.944 bits per heavy atom. The first-order valence-corrected chi connectivity index (χ1v) is 11.0. The third-order valence-corrected chi connectivity index (χ3v) is 5.63. The molecule has 0 bridgehead atoms. The SMILES string of the molecule is N#Cc1cccnc1N1CCN(C(=O)Nc2ccc(NC(=O)c3ccccc3)cc2C(F)(F)F)CC1. The molecule has 0 unspecified atom stereocenters. The number of alkyl halides is 3. The number of hydrogen-bond acceptors (Lipinski definition) is 5. The van der Waals surface area contributed by atoms with E-state index < -0.39 is 29.4 Å². The van der Waals surface area contributed by atoms with E-state index in [0.717, 1.165) is 12.1 Å². The van der Waals surface area contributed by atoms with Gasteiger partial charge in [-0.25, -0.2) is 9.78 Å². The molecule has 1 saturated heterocycles. The second-order valence-corrected chi connectivity index (χ2v) is 7.97. The maximum Gasteiger partial charge on any atom is 0.418 e. The van der Waals surface area contributed by atoms with Crippen LogP contribution in [0.4, 0.5) is 35.2 Å². The molecular weight excluding hydrogens is 473 g/mol. The molecule has 2 heterocycles. The number of hydrogen-bond donors (Lipinski definition) is 2. The van der Waals surface area contributed by atoms with Gasteiger partial charge in [-0.3, -0.25) is 4.79 Å². The van der Waals surface area contributed by atoms with Crippen LogP contribution in [0.3, 0.4) is 0 Å². The molecule has 11 heteroatoms. The van der Waals surface area contributed by atoms with Crippen LogP contribution in [-0.2, 0) is 6.18 Å². The molecule has 4 rings (SSSR count). The highest BCUT2D eigenvalue weighted by molar-refractivity contribution is 6.04. The van der Waals surface area contributed by atoms with Gasteiger partial charge < -0.3 is 20.4 Å². The molecule has 2 N–H and O–H groups in total.